The molecule has 0 spiro atoms. The minimum absolute atomic E-state index is 0.136. The summed E-state index contributed by atoms with van der Waals surface area (Å²) in [6.07, 6.45) is 4.49. The van der Waals surface area contributed by atoms with Gasteiger partial charge in [-0.1, -0.05) is 43.6 Å². The highest BCUT2D eigenvalue weighted by molar-refractivity contribution is 6.31. The van der Waals surface area contributed by atoms with Gasteiger partial charge in [0.2, 0.25) is 0 Å². The highest BCUT2D eigenvalue weighted by Gasteiger charge is 2.44. The Bertz CT molecular complexity index is 448. The van der Waals surface area contributed by atoms with E-state index in [-0.39, 0.29) is 11.6 Å². The molecule has 0 saturated heterocycles. The molecule has 0 aliphatic heterocycles. The number of nitrogens with one attached hydrogen (secondary N) is 1. The van der Waals surface area contributed by atoms with E-state index in [2.05, 4.69) is 25.2 Å². The van der Waals surface area contributed by atoms with Crippen LogP contribution in [0.4, 0.5) is 0 Å². The molecular weight excluding hydrogens is 270 g/mol. The fourth-order valence-corrected chi connectivity index (χ4v) is 3.62. The van der Waals surface area contributed by atoms with Gasteiger partial charge in [0.15, 0.2) is 0 Å². The van der Waals surface area contributed by atoms with Gasteiger partial charge < -0.3 is 10.1 Å². The van der Waals surface area contributed by atoms with Crippen molar-refractivity contribution in [1.82, 2.24) is 5.32 Å². The molecule has 1 unspecified atom stereocenters. The maximum atomic E-state index is 6.40. The van der Waals surface area contributed by atoms with Crippen molar-refractivity contribution in [3.63, 3.8) is 0 Å². The van der Waals surface area contributed by atoms with Crippen molar-refractivity contribution in [3.8, 4) is 0 Å². The molecule has 1 aliphatic rings. The molecule has 112 valence electrons. The quantitative estimate of drug-likeness (QED) is 0.877. The normalized spacial score (nSPS) is 22.4. The third kappa shape index (κ3) is 3.03. The molecule has 0 aromatic heterocycles. The Hall–Kier alpha value is -0.570. The fraction of sp³-hybridized carbons (Fsp3) is 0.647. The van der Waals surface area contributed by atoms with E-state index in [1.807, 2.05) is 32.4 Å². The lowest BCUT2D eigenvalue weighted by molar-refractivity contribution is -0.0861. The number of likely N-dealkylation sites (N-methyl/N-ethyl adjacent to an activating group) is 1. The SMILES string of the molecule is CNC(c1ccccc1Cl)C1(OC)CCC(C)(C)CC1. The standard InChI is InChI=1S/C17H26ClNO/c1-16(2)9-11-17(20-4,12-10-16)15(19-3)13-7-5-6-8-14(13)18/h5-8,15,19H,9-12H2,1-4H3. The molecule has 1 atom stereocenters. The number of methoxy groups -OCH3 is 1. The predicted molar refractivity (Wildman–Crippen MR) is 85.2 cm³/mol. The molecule has 1 aliphatic carbocycles. The fourth-order valence-electron chi connectivity index (χ4n) is 3.37. The number of ether oxygens (including phenoxy) is 1. The zero-order valence-electron chi connectivity index (χ0n) is 13.0. The summed E-state index contributed by atoms with van der Waals surface area (Å²) in [5, 5.41) is 4.25. The van der Waals surface area contributed by atoms with Crippen LogP contribution < -0.4 is 5.32 Å². The lowest BCUT2D eigenvalue weighted by Crippen LogP contribution is -2.48. The highest BCUT2D eigenvalue weighted by Crippen LogP contribution is 2.48. The zero-order valence-corrected chi connectivity index (χ0v) is 13.8. The summed E-state index contributed by atoms with van der Waals surface area (Å²) in [4.78, 5) is 0. The van der Waals surface area contributed by atoms with E-state index >= 15 is 0 Å². The summed E-state index contributed by atoms with van der Waals surface area (Å²) in [5.41, 5.74) is 1.40. The van der Waals surface area contributed by atoms with E-state index in [1.165, 1.54) is 12.8 Å². The Kier molecular flexibility index (Phi) is 4.78. The van der Waals surface area contributed by atoms with Crippen molar-refractivity contribution < 1.29 is 4.74 Å². The molecule has 0 radical (unpaired) electrons. The molecule has 0 amide bonds. The van der Waals surface area contributed by atoms with Crippen LogP contribution in [0.5, 0.6) is 0 Å². The van der Waals surface area contributed by atoms with Crippen molar-refractivity contribution in [3.05, 3.63) is 34.9 Å². The molecule has 1 aromatic rings. The first-order valence-electron chi connectivity index (χ1n) is 7.41. The van der Waals surface area contributed by atoms with Crippen molar-refractivity contribution in [2.75, 3.05) is 14.2 Å². The monoisotopic (exact) mass is 295 g/mol. The second kappa shape index (κ2) is 6.05. The average Bonchev–Trinajstić information content (AvgIpc) is 2.44. The van der Waals surface area contributed by atoms with Gasteiger partial charge in [-0.15, -0.1) is 0 Å². The van der Waals surface area contributed by atoms with E-state index in [4.69, 9.17) is 16.3 Å². The molecule has 3 heteroatoms. The predicted octanol–water partition coefficient (Wildman–Crippen LogP) is 4.59. The van der Waals surface area contributed by atoms with Crippen molar-refractivity contribution >= 4 is 11.6 Å². The minimum atomic E-state index is -0.157. The number of halogens is 1. The first-order valence-corrected chi connectivity index (χ1v) is 7.79. The zero-order chi connectivity index (χ0) is 14.8. The van der Waals surface area contributed by atoms with Gasteiger partial charge in [0, 0.05) is 12.1 Å². The summed E-state index contributed by atoms with van der Waals surface area (Å²) in [6.45, 7) is 4.69. The highest BCUT2D eigenvalue weighted by atomic mass is 35.5. The van der Waals surface area contributed by atoms with Crippen LogP contribution in [0.1, 0.15) is 51.1 Å². The maximum absolute atomic E-state index is 6.40. The van der Waals surface area contributed by atoms with E-state index < -0.39 is 0 Å². The smallest absolute Gasteiger partial charge is 0.0873 e. The molecule has 0 heterocycles. The number of rotatable bonds is 4. The topological polar surface area (TPSA) is 21.3 Å². The van der Waals surface area contributed by atoms with Gasteiger partial charge in [0.25, 0.3) is 0 Å². The lowest BCUT2D eigenvalue weighted by Gasteiger charge is -2.47. The Morgan fingerprint density at radius 1 is 1.15 bits per heavy atom. The second-order valence-electron chi connectivity index (χ2n) is 6.68. The Morgan fingerprint density at radius 2 is 1.75 bits per heavy atom. The molecule has 0 bridgehead atoms. The first kappa shape index (κ1) is 15.8. The first-order chi connectivity index (χ1) is 9.44. The van der Waals surface area contributed by atoms with Gasteiger partial charge in [-0.2, -0.15) is 0 Å². The Morgan fingerprint density at radius 3 is 2.25 bits per heavy atom. The van der Waals surface area contributed by atoms with E-state index in [9.17, 15) is 0 Å². The lowest BCUT2D eigenvalue weighted by atomic mass is 9.67. The van der Waals surface area contributed by atoms with Crippen LogP contribution >= 0.6 is 11.6 Å². The number of hydrogen-bond acceptors (Lipinski definition) is 2. The second-order valence-corrected chi connectivity index (χ2v) is 7.08. The number of hydrogen-bond donors (Lipinski definition) is 1. The van der Waals surface area contributed by atoms with Crippen molar-refractivity contribution in [2.24, 2.45) is 5.41 Å². The van der Waals surface area contributed by atoms with Gasteiger partial charge in [0.05, 0.1) is 11.6 Å². The van der Waals surface area contributed by atoms with E-state index in [1.54, 1.807) is 0 Å². The van der Waals surface area contributed by atoms with Crippen LogP contribution in [0, 0.1) is 5.41 Å². The van der Waals surface area contributed by atoms with Gasteiger partial charge in [-0.25, -0.2) is 0 Å². The van der Waals surface area contributed by atoms with Crippen molar-refractivity contribution in [1.29, 1.82) is 0 Å². The molecule has 2 rings (SSSR count). The van der Waals surface area contributed by atoms with E-state index in [0.717, 1.165) is 23.4 Å². The van der Waals surface area contributed by atoms with Gasteiger partial charge in [-0.3, -0.25) is 0 Å². The summed E-state index contributed by atoms with van der Waals surface area (Å²) in [6, 6.07) is 8.21. The average molecular weight is 296 g/mol. The summed E-state index contributed by atoms with van der Waals surface area (Å²) in [5.74, 6) is 0. The number of benzene rings is 1. The molecule has 20 heavy (non-hydrogen) atoms. The summed E-state index contributed by atoms with van der Waals surface area (Å²) < 4.78 is 6.01. The molecule has 1 saturated carbocycles. The molecule has 1 aromatic carbocycles. The largest absolute Gasteiger partial charge is 0.376 e. The molecule has 1 fully saturated rings. The summed E-state index contributed by atoms with van der Waals surface area (Å²) in [7, 11) is 3.83. The third-order valence-corrected chi connectivity index (χ3v) is 5.23. The van der Waals surface area contributed by atoms with Crippen LogP contribution in [0.2, 0.25) is 5.02 Å². The van der Waals surface area contributed by atoms with E-state index in [0.29, 0.717) is 5.41 Å². The molecule has 1 N–H and O–H groups in total. The van der Waals surface area contributed by atoms with Crippen LogP contribution in [-0.2, 0) is 4.74 Å². The van der Waals surface area contributed by atoms with Crippen LogP contribution in [0.3, 0.4) is 0 Å². The van der Waals surface area contributed by atoms with Gasteiger partial charge in [0.1, 0.15) is 0 Å². The van der Waals surface area contributed by atoms with Crippen LogP contribution in [0.15, 0.2) is 24.3 Å². The Balaban J connectivity index is 2.32. The van der Waals surface area contributed by atoms with Crippen LogP contribution in [-0.4, -0.2) is 19.8 Å². The van der Waals surface area contributed by atoms with Crippen molar-refractivity contribution in [2.45, 2.75) is 51.2 Å². The third-order valence-electron chi connectivity index (χ3n) is 4.89. The minimum Gasteiger partial charge on any atom is -0.376 e. The van der Waals surface area contributed by atoms with Gasteiger partial charge in [-0.05, 0) is 49.8 Å². The molecule has 2 nitrogen and oxygen atoms in total. The van der Waals surface area contributed by atoms with Gasteiger partial charge >= 0.3 is 0 Å². The summed E-state index contributed by atoms with van der Waals surface area (Å²) >= 11 is 6.40. The van der Waals surface area contributed by atoms with Crippen LogP contribution in [0.25, 0.3) is 0 Å². The maximum Gasteiger partial charge on any atom is 0.0873 e. The Labute approximate surface area is 127 Å². The molecular formula is C17H26ClNO.